The van der Waals surface area contributed by atoms with Crippen molar-refractivity contribution in [1.29, 1.82) is 0 Å². The molecular formula is C41H50N2O2. The van der Waals surface area contributed by atoms with Crippen molar-refractivity contribution in [3.63, 3.8) is 0 Å². The molecule has 4 aliphatic carbocycles. The maximum Gasteiger partial charge on any atom is 0.173 e. The summed E-state index contributed by atoms with van der Waals surface area (Å²) >= 11 is 0. The molecule has 0 radical (unpaired) electrons. The van der Waals surface area contributed by atoms with E-state index in [1.54, 1.807) is 0 Å². The first-order valence-corrected chi connectivity index (χ1v) is 17.8. The molecule has 4 heteroatoms. The van der Waals surface area contributed by atoms with E-state index < -0.39 is 0 Å². The maximum absolute atomic E-state index is 7.09. The summed E-state index contributed by atoms with van der Waals surface area (Å²) in [7, 11) is 1.83. The molecule has 6 unspecified atom stereocenters. The topological polar surface area (TPSA) is 24.9 Å². The molecular weight excluding hydrogens is 552 g/mol. The second-order valence-corrected chi connectivity index (χ2v) is 16.6. The molecule has 3 aromatic carbocycles. The SMILES string of the molecule is COc1ccc2c(c1Oc1ccc(C(C)(C)C)cc1)C13CCN(CC4CC4)C(C2)C12CCC1C3C(CN1Cc1ccccc1)C2. The lowest BCUT2D eigenvalue weighted by Crippen LogP contribution is -2.69. The average molecular weight is 603 g/mol. The molecule has 6 atom stereocenters. The Morgan fingerprint density at radius 1 is 0.889 bits per heavy atom. The quantitative estimate of drug-likeness (QED) is 0.271. The van der Waals surface area contributed by atoms with E-state index in [0.29, 0.717) is 23.4 Å². The average Bonchev–Trinajstić information content (AvgIpc) is 3.74. The Hall–Kier alpha value is -2.82. The fourth-order valence-electron chi connectivity index (χ4n) is 11.5. The molecule has 9 rings (SSSR count). The lowest BCUT2D eigenvalue weighted by atomic mass is 9.43. The van der Waals surface area contributed by atoms with E-state index in [4.69, 9.17) is 9.47 Å². The van der Waals surface area contributed by atoms with Crippen LogP contribution in [0.1, 0.15) is 81.5 Å². The van der Waals surface area contributed by atoms with Gasteiger partial charge in [-0.3, -0.25) is 9.80 Å². The van der Waals surface area contributed by atoms with E-state index in [-0.39, 0.29) is 10.8 Å². The first kappa shape index (κ1) is 28.4. The molecule has 5 fully saturated rings. The van der Waals surface area contributed by atoms with Crippen LogP contribution in [-0.2, 0) is 23.8 Å². The third kappa shape index (κ3) is 4.17. The molecule has 0 aromatic heterocycles. The van der Waals surface area contributed by atoms with Gasteiger partial charge in [0.25, 0.3) is 0 Å². The summed E-state index contributed by atoms with van der Waals surface area (Å²) < 4.78 is 13.3. The van der Waals surface area contributed by atoms with Gasteiger partial charge in [0.05, 0.1) is 7.11 Å². The summed E-state index contributed by atoms with van der Waals surface area (Å²) in [6, 6.07) is 26.0. The van der Waals surface area contributed by atoms with Crippen LogP contribution in [0.2, 0.25) is 0 Å². The lowest BCUT2D eigenvalue weighted by molar-refractivity contribution is -0.106. The number of ether oxygens (including phenoxy) is 2. The molecule has 4 bridgehead atoms. The third-order valence-electron chi connectivity index (χ3n) is 13.3. The minimum Gasteiger partial charge on any atom is -0.493 e. The molecule has 6 aliphatic rings. The van der Waals surface area contributed by atoms with Crippen LogP contribution in [0.3, 0.4) is 0 Å². The van der Waals surface area contributed by atoms with Gasteiger partial charge in [0.1, 0.15) is 5.75 Å². The molecule has 236 valence electrons. The van der Waals surface area contributed by atoms with Crippen molar-refractivity contribution in [3.05, 3.63) is 89.0 Å². The number of methoxy groups -OCH3 is 1. The van der Waals surface area contributed by atoms with E-state index in [0.717, 1.165) is 42.0 Å². The Kier molecular flexibility index (Phi) is 6.37. The predicted octanol–water partition coefficient (Wildman–Crippen LogP) is 8.36. The van der Waals surface area contributed by atoms with Gasteiger partial charge < -0.3 is 9.47 Å². The summed E-state index contributed by atoms with van der Waals surface area (Å²) in [6.45, 7) is 11.7. The van der Waals surface area contributed by atoms with Crippen molar-refractivity contribution in [2.24, 2.45) is 23.2 Å². The molecule has 0 spiro atoms. The highest BCUT2D eigenvalue weighted by Gasteiger charge is 2.76. The number of benzene rings is 3. The van der Waals surface area contributed by atoms with Gasteiger partial charge in [-0.1, -0.05) is 69.3 Å². The molecule has 3 saturated carbocycles. The number of nitrogens with zero attached hydrogens (tertiary/aromatic N) is 2. The zero-order chi connectivity index (χ0) is 30.6. The molecule has 45 heavy (non-hydrogen) atoms. The predicted molar refractivity (Wildman–Crippen MR) is 180 cm³/mol. The van der Waals surface area contributed by atoms with Gasteiger partial charge in [-0.25, -0.2) is 0 Å². The highest BCUT2D eigenvalue weighted by atomic mass is 16.5. The van der Waals surface area contributed by atoms with Crippen LogP contribution >= 0.6 is 0 Å². The normalized spacial score (nSPS) is 33.5. The fraction of sp³-hybridized carbons (Fsp3) is 0.561. The van der Waals surface area contributed by atoms with Gasteiger partial charge in [-0.05, 0) is 115 Å². The van der Waals surface area contributed by atoms with Gasteiger partial charge in [0.2, 0.25) is 0 Å². The van der Waals surface area contributed by atoms with Crippen molar-refractivity contribution < 1.29 is 9.47 Å². The van der Waals surface area contributed by atoms with Crippen LogP contribution in [-0.4, -0.2) is 48.6 Å². The number of likely N-dealkylation sites (tertiary alicyclic amines) is 2. The minimum absolute atomic E-state index is 0.114. The summed E-state index contributed by atoms with van der Waals surface area (Å²) in [5, 5.41) is 0. The van der Waals surface area contributed by atoms with Crippen LogP contribution in [0.25, 0.3) is 0 Å². The zero-order valence-corrected chi connectivity index (χ0v) is 27.7. The molecule has 2 aliphatic heterocycles. The molecule has 0 N–H and O–H groups in total. The second-order valence-electron chi connectivity index (χ2n) is 16.6. The van der Waals surface area contributed by atoms with Gasteiger partial charge in [0.15, 0.2) is 11.5 Å². The van der Waals surface area contributed by atoms with Crippen molar-refractivity contribution in [2.75, 3.05) is 26.7 Å². The summed E-state index contributed by atoms with van der Waals surface area (Å²) in [5.74, 6) is 5.19. The Morgan fingerprint density at radius 3 is 2.42 bits per heavy atom. The van der Waals surface area contributed by atoms with Crippen molar-refractivity contribution in [3.8, 4) is 17.2 Å². The number of piperidine rings is 1. The molecule has 2 saturated heterocycles. The van der Waals surface area contributed by atoms with Crippen molar-refractivity contribution >= 4 is 0 Å². The van der Waals surface area contributed by atoms with Crippen LogP contribution in [0.15, 0.2) is 66.7 Å². The minimum atomic E-state index is 0.114. The number of hydrogen-bond donors (Lipinski definition) is 0. The third-order valence-corrected chi connectivity index (χ3v) is 13.3. The van der Waals surface area contributed by atoms with Crippen LogP contribution in [0.5, 0.6) is 17.2 Å². The fourth-order valence-corrected chi connectivity index (χ4v) is 11.5. The summed E-state index contributed by atoms with van der Waals surface area (Å²) in [4.78, 5) is 5.87. The van der Waals surface area contributed by atoms with Crippen molar-refractivity contribution in [2.45, 2.75) is 95.2 Å². The Bertz CT molecular complexity index is 1590. The maximum atomic E-state index is 7.09. The molecule has 2 heterocycles. The highest BCUT2D eigenvalue weighted by Crippen LogP contribution is 2.77. The smallest absolute Gasteiger partial charge is 0.173 e. The summed E-state index contributed by atoms with van der Waals surface area (Å²) in [5.41, 5.74) is 6.43. The van der Waals surface area contributed by atoms with E-state index in [9.17, 15) is 0 Å². The Balaban J connectivity index is 1.17. The standard InChI is InChI=1S/C41H50N2O2/c1-39(2,3)31-13-15-32(16-14-31)45-38-34(44-4)17-12-29-22-35-40-19-18-33-36(30(23-40)26-43(33)25-27-8-6-5-7-9-27)41(40,37(29)38)20-21-42(35)24-28-10-11-28/h5-9,12-17,28,30,33,35-36H,10-11,18-26H2,1-4H3. The molecule has 4 nitrogen and oxygen atoms in total. The first-order valence-electron chi connectivity index (χ1n) is 17.8. The van der Waals surface area contributed by atoms with Crippen LogP contribution < -0.4 is 9.47 Å². The largest absolute Gasteiger partial charge is 0.493 e. The lowest BCUT2D eigenvalue weighted by Gasteiger charge is -2.66. The Labute approximate surface area is 270 Å². The molecule has 0 amide bonds. The van der Waals surface area contributed by atoms with Gasteiger partial charge >= 0.3 is 0 Å². The number of fused-ring (bicyclic) bond motifs is 1. The monoisotopic (exact) mass is 602 g/mol. The van der Waals surface area contributed by atoms with Gasteiger partial charge in [-0.2, -0.15) is 0 Å². The van der Waals surface area contributed by atoms with Gasteiger partial charge in [-0.15, -0.1) is 0 Å². The zero-order valence-electron chi connectivity index (χ0n) is 27.7. The van der Waals surface area contributed by atoms with Crippen LogP contribution in [0.4, 0.5) is 0 Å². The Morgan fingerprint density at radius 2 is 1.69 bits per heavy atom. The van der Waals surface area contributed by atoms with E-state index in [1.807, 2.05) is 7.11 Å². The summed E-state index contributed by atoms with van der Waals surface area (Å²) in [6.07, 6.45) is 9.34. The van der Waals surface area contributed by atoms with E-state index in [1.165, 1.54) is 80.4 Å². The first-order chi connectivity index (χ1) is 21.8. The van der Waals surface area contributed by atoms with E-state index in [2.05, 4.69) is 97.3 Å². The van der Waals surface area contributed by atoms with Gasteiger partial charge in [0, 0.05) is 42.7 Å². The number of hydrogen-bond acceptors (Lipinski definition) is 4. The number of rotatable bonds is 7. The second kappa shape index (κ2) is 10.1. The van der Waals surface area contributed by atoms with E-state index >= 15 is 0 Å². The van der Waals surface area contributed by atoms with Crippen LogP contribution in [0, 0.1) is 23.2 Å². The molecule has 3 aromatic rings. The highest BCUT2D eigenvalue weighted by molar-refractivity contribution is 5.61. The van der Waals surface area contributed by atoms with Crippen molar-refractivity contribution in [1.82, 2.24) is 9.80 Å².